The molecule has 1 saturated carbocycles. The molecule has 0 saturated heterocycles. The van der Waals surface area contributed by atoms with Gasteiger partial charge in [-0.2, -0.15) is 0 Å². The van der Waals surface area contributed by atoms with Gasteiger partial charge in [0.25, 0.3) is 0 Å². The van der Waals surface area contributed by atoms with E-state index in [2.05, 4.69) is 35.8 Å². The molecule has 2 heteroatoms. The molecule has 1 aromatic carbocycles. The van der Waals surface area contributed by atoms with Gasteiger partial charge in [-0.3, -0.25) is 0 Å². The minimum Gasteiger partial charge on any atom is -0.313 e. The standard InChI is InChI=1S/C16H25NS/c1-18-16-10-8-15(9-11-16)13-17-12-4-7-14-5-2-3-6-14/h8-11,14,17H,2-7,12-13H2,1H3. The van der Waals surface area contributed by atoms with Crippen LogP contribution in [0.3, 0.4) is 0 Å². The molecule has 1 aromatic rings. The molecule has 0 bridgehead atoms. The normalized spacial score (nSPS) is 16.3. The van der Waals surface area contributed by atoms with Crippen molar-refractivity contribution >= 4 is 11.8 Å². The predicted molar refractivity (Wildman–Crippen MR) is 81.1 cm³/mol. The Morgan fingerprint density at radius 3 is 2.56 bits per heavy atom. The topological polar surface area (TPSA) is 12.0 Å². The molecule has 0 amide bonds. The van der Waals surface area contributed by atoms with Crippen LogP contribution in [-0.4, -0.2) is 12.8 Å². The zero-order chi connectivity index (χ0) is 12.6. The highest BCUT2D eigenvalue weighted by molar-refractivity contribution is 7.98. The van der Waals surface area contributed by atoms with Crippen molar-refractivity contribution in [3.05, 3.63) is 29.8 Å². The van der Waals surface area contributed by atoms with E-state index < -0.39 is 0 Å². The first kappa shape index (κ1) is 14.0. The molecule has 2 rings (SSSR count). The van der Waals surface area contributed by atoms with Crippen LogP contribution in [0.15, 0.2) is 29.2 Å². The third-order valence-corrected chi connectivity index (χ3v) is 4.67. The maximum absolute atomic E-state index is 3.56. The summed E-state index contributed by atoms with van der Waals surface area (Å²) in [5.41, 5.74) is 1.40. The van der Waals surface area contributed by atoms with E-state index in [0.29, 0.717) is 0 Å². The first-order chi connectivity index (χ1) is 8.88. The number of rotatable bonds is 7. The highest BCUT2D eigenvalue weighted by Gasteiger charge is 2.13. The molecule has 100 valence electrons. The summed E-state index contributed by atoms with van der Waals surface area (Å²) in [7, 11) is 0. The molecule has 1 aliphatic carbocycles. The van der Waals surface area contributed by atoms with Gasteiger partial charge in [0.2, 0.25) is 0 Å². The largest absolute Gasteiger partial charge is 0.313 e. The average molecular weight is 263 g/mol. The summed E-state index contributed by atoms with van der Waals surface area (Å²) in [5.74, 6) is 1.03. The monoisotopic (exact) mass is 263 g/mol. The van der Waals surface area contributed by atoms with Crippen LogP contribution in [-0.2, 0) is 6.54 Å². The van der Waals surface area contributed by atoms with E-state index in [-0.39, 0.29) is 0 Å². The van der Waals surface area contributed by atoms with Crippen LogP contribution >= 0.6 is 11.8 Å². The highest BCUT2D eigenvalue weighted by Crippen LogP contribution is 2.28. The smallest absolute Gasteiger partial charge is 0.0205 e. The molecule has 1 N–H and O–H groups in total. The number of thioether (sulfide) groups is 1. The third kappa shape index (κ3) is 4.66. The van der Waals surface area contributed by atoms with Crippen molar-refractivity contribution < 1.29 is 0 Å². The molecule has 0 heterocycles. The summed E-state index contributed by atoms with van der Waals surface area (Å²) in [6.45, 7) is 2.18. The van der Waals surface area contributed by atoms with Gasteiger partial charge in [0.1, 0.15) is 0 Å². The molecule has 1 aliphatic rings. The molecule has 18 heavy (non-hydrogen) atoms. The number of hydrogen-bond donors (Lipinski definition) is 1. The van der Waals surface area contributed by atoms with Crippen molar-refractivity contribution in [3.8, 4) is 0 Å². The maximum atomic E-state index is 3.56. The average Bonchev–Trinajstić information content (AvgIpc) is 2.92. The summed E-state index contributed by atoms with van der Waals surface area (Å²) >= 11 is 1.80. The van der Waals surface area contributed by atoms with E-state index in [1.54, 1.807) is 11.8 Å². The molecular formula is C16H25NS. The van der Waals surface area contributed by atoms with Gasteiger partial charge in [-0.1, -0.05) is 37.8 Å². The zero-order valence-corrected chi connectivity index (χ0v) is 12.3. The predicted octanol–water partition coefficient (Wildman–Crippen LogP) is 4.47. The van der Waals surface area contributed by atoms with Crippen molar-refractivity contribution in [1.82, 2.24) is 5.32 Å². The van der Waals surface area contributed by atoms with Crippen molar-refractivity contribution in [2.45, 2.75) is 50.0 Å². The Morgan fingerprint density at radius 1 is 1.17 bits per heavy atom. The Hall–Kier alpha value is -0.470. The molecular weight excluding hydrogens is 238 g/mol. The van der Waals surface area contributed by atoms with E-state index in [9.17, 15) is 0 Å². The summed E-state index contributed by atoms with van der Waals surface area (Å²) in [5, 5.41) is 3.56. The Kier molecular flexibility index (Phi) is 6.09. The lowest BCUT2D eigenvalue weighted by atomic mass is 10.0. The van der Waals surface area contributed by atoms with Crippen molar-refractivity contribution in [2.75, 3.05) is 12.8 Å². The lowest BCUT2D eigenvalue weighted by Crippen LogP contribution is -2.15. The number of benzene rings is 1. The SMILES string of the molecule is CSc1ccc(CNCCCC2CCCC2)cc1. The molecule has 0 atom stereocenters. The lowest BCUT2D eigenvalue weighted by molar-refractivity contribution is 0.470. The van der Waals surface area contributed by atoms with Crippen LogP contribution in [0.2, 0.25) is 0 Å². The zero-order valence-electron chi connectivity index (χ0n) is 11.5. The first-order valence-electron chi connectivity index (χ1n) is 7.22. The molecule has 0 unspecified atom stereocenters. The molecule has 1 fully saturated rings. The molecule has 0 aliphatic heterocycles. The van der Waals surface area contributed by atoms with Crippen molar-refractivity contribution in [2.24, 2.45) is 5.92 Å². The lowest BCUT2D eigenvalue weighted by Gasteiger charge is -2.09. The summed E-state index contributed by atoms with van der Waals surface area (Å²) in [6.07, 6.45) is 10.8. The van der Waals surface area contributed by atoms with Crippen LogP contribution in [0.25, 0.3) is 0 Å². The molecule has 0 radical (unpaired) electrons. The van der Waals surface area contributed by atoms with Gasteiger partial charge in [0, 0.05) is 11.4 Å². The summed E-state index contributed by atoms with van der Waals surface area (Å²) < 4.78 is 0. The fraction of sp³-hybridized carbons (Fsp3) is 0.625. The van der Waals surface area contributed by atoms with Gasteiger partial charge < -0.3 is 5.32 Å². The first-order valence-corrected chi connectivity index (χ1v) is 8.44. The van der Waals surface area contributed by atoms with Gasteiger partial charge in [-0.25, -0.2) is 0 Å². The van der Waals surface area contributed by atoms with Gasteiger partial charge in [-0.15, -0.1) is 11.8 Å². The number of nitrogens with one attached hydrogen (secondary N) is 1. The quantitative estimate of drug-likeness (QED) is 0.575. The Bertz CT molecular complexity index is 327. The van der Waals surface area contributed by atoms with Gasteiger partial charge >= 0.3 is 0 Å². The van der Waals surface area contributed by atoms with E-state index in [1.165, 1.54) is 55.5 Å². The Morgan fingerprint density at radius 2 is 1.89 bits per heavy atom. The molecule has 1 nitrogen and oxygen atoms in total. The second-order valence-electron chi connectivity index (χ2n) is 5.32. The van der Waals surface area contributed by atoms with E-state index in [0.717, 1.165) is 12.5 Å². The van der Waals surface area contributed by atoms with Gasteiger partial charge in [0.15, 0.2) is 0 Å². The summed E-state index contributed by atoms with van der Waals surface area (Å²) in [4.78, 5) is 1.35. The Balaban J connectivity index is 1.56. The van der Waals surface area contributed by atoms with E-state index in [1.807, 2.05) is 0 Å². The van der Waals surface area contributed by atoms with Gasteiger partial charge in [-0.05, 0) is 49.3 Å². The van der Waals surface area contributed by atoms with Crippen LogP contribution in [0.1, 0.15) is 44.1 Å². The summed E-state index contributed by atoms with van der Waals surface area (Å²) in [6, 6.07) is 8.88. The third-order valence-electron chi connectivity index (χ3n) is 3.93. The second kappa shape index (κ2) is 7.85. The van der Waals surface area contributed by atoms with Crippen molar-refractivity contribution in [3.63, 3.8) is 0 Å². The van der Waals surface area contributed by atoms with Gasteiger partial charge in [0.05, 0.1) is 0 Å². The molecule has 0 spiro atoms. The second-order valence-corrected chi connectivity index (χ2v) is 6.20. The minimum atomic E-state index is 1.01. The van der Waals surface area contributed by atoms with Crippen LogP contribution < -0.4 is 5.32 Å². The maximum Gasteiger partial charge on any atom is 0.0205 e. The van der Waals surface area contributed by atoms with E-state index in [4.69, 9.17) is 0 Å². The number of hydrogen-bond acceptors (Lipinski definition) is 2. The Labute approximate surface area is 116 Å². The van der Waals surface area contributed by atoms with E-state index >= 15 is 0 Å². The fourth-order valence-electron chi connectivity index (χ4n) is 2.79. The van der Waals surface area contributed by atoms with Crippen LogP contribution in [0, 0.1) is 5.92 Å². The minimum absolute atomic E-state index is 1.01. The van der Waals surface area contributed by atoms with Crippen molar-refractivity contribution in [1.29, 1.82) is 0 Å². The molecule has 0 aromatic heterocycles. The highest BCUT2D eigenvalue weighted by atomic mass is 32.2. The fourth-order valence-corrected chi connectivity index (χ4v) is 3.20. The van der Waals surface area contributed by atoms with Crippen LogP contribution in [0.4, 0.5) is 0 Å². The van der Waals surface area contributed by atoms with Crippen LogP contribution in [0.5, 0.6) is 0 Å².